The molecule has 0 saturated carbocycles. The number of rotatable bonds is 3. The first kappa shape index (κ1) is 16.8. The summed E-state index contributed by atoms with van der Waals surface area (Å²) >= 11 is 5.83. The second kappa shape index (κ2) is 6.26. The van der Waals surface area contributed by atoms with Gasteiger partial charge < -0.3 is 9.64 Å². The second-order valence-corrected chi connectivity index (χ2v) is 7.75. The maximum absolute atomic E-state index is 12.0. The SMILES string of the molecule is CC(=O)O[C@H]1CS(=O)(=O)C[C@H]1N(C(C)=O)c1ccc(Cl)cc1. The van der Waals surface area contributed by atoms with Crippen LogP contribution in [0.25, 0.3) is 0 Å². The highest BCUT2D eigenvalue weighted by Crippen LogP contribution is 2.28. The topological polar surface area (TPSA) is 80.8 Å². The van der Waals surface area contributed by atoms with Gasteiger partial charge in [0.05, 0.1) is 17.5 Å². The Kier molecular flexibility index (Phi) is 4.77. The van der Waals surface area contributed by atoms with Gasteiger partial charge in [0, 0.05) is 24.6 Å². The van der Waals surface area contributed by atoms with E-state index in [1.54, 1.807) is 24.3 Å². The van der Waals surface area contributed by atoms with Crippen molar-refractivity contribution < 1.29 is 22.7 Å². The van der Waals surface area contributed by atoms with Crippen molar-refractivity contribution in [2.75, 3.05) is 16.4 Å². The van der Waals surface area contributed by atoms with Gasteiger partial charge in [-0.25, -0.2) is 8.42 Å². The van der Waals surface area contributed by atoms with E-state index in [0.717, 1.165) is 0 Å². The van der Waals surface area contributed by atoms with E-state index in [2.05, 4.69) is 0 Å². The second-order valence-electron chi connectivity index (χ2n) is 5.16. The van der Waals surface area contributed by atoms with Gasteiger partial charge in [0.15, 0.2) is 9.84 Å². The molecule has 1 saturated heterocycles. The highest BCUT2D eigenvalue weighted by atomic mass is 35.5. The molecule has 2 rings (SSSR count). The van der Waals surface area contributed by atoms with E-state index in [9.17, 15) is 18.0 Å². The molecule has 1 aromatic rings. The van der Waals surface area contributed by atoms with Gasteiger partial charge in [-0.3, -0.25) is 9.59 Å². The smallest absolute Gasteiger partial charge is 0.303 e. The van der Waals surface area contributed by atoms with Crippen molar-refractivity contribution in [2.45, 2.75) is 26.0 Å². The van der Waals surface area contributed by atoms with Crippen LogP contribution in [0, 0.1) is 0 Å². The van der Waals surface area contributed by atoms with E-state index in [4.69, 9.17) is 16.3 Å². The van der Waals surface area contributed by atoms with Gasteiger partial charge in [0.2, 0.25) is 5.91 Å². The summed E-state index contributed by atoms with van der Waals surface area (Å²) in [5.74, 6) is -1.44. The minimum Gasteiger partial charge on any atom is -0.459 e. The summed E-state index contributed by atoms with van der Waals surface area (Å²) in [5, 5.41) is 0.503. The quantitative estimate of drug-likeness (QED) is 0.774. The van der Waals surface area contributed by atoms with Gasteiger partial charge in [-0.2, -0.15) is 0 Å². The number of esters is 1. The molecule has 22 heavy (non-hydrogen) atoms. The summed E-state index contributed by atoms with van der Waals surface area (Å²) < 4.78 is 28.9. The number of hydrogen-bond acceptors (Lipinski definition) is 5. The number of ether oxygens (including phenoxy) is 1. The predicted molar refractivity (Wildman–Crippen MR) is 82.6 cm³/mol. The number of anilines is 1. The first-order valence-corrected chi connectivity index (χ1v) is 8.82. The Morgan fingerprint density at radius 2 is 1.77 bits per heavy atom. The van der Waals surface area contributed by atoms with E-state index in [-0.39, 0.29) is 17.4 Å². The zero-order valence-corrected chi connectivity index (χ0v) is 13.7. The Morgan fingerprint density at radius 3 is 2.27 bits per heavy atom. The van der Waals surface area contributed by atoms with Crippen molar-refractivity contribution in [3.8, 4) is 0 Å². The Balaban J connectivity index is 2.39. The molecule has 0 bridgehead atoms. The van der Waals surface area contributed by atoms with E-state index >= 15 is 0 Å². The number of nitrogens with zero attached hydrogens (tertiary/aromatic N) is 1. The zero-order valence-electron chi connectivity index (χ0n) is 12.2. The van der Waals surface area contributed by atoms with Crippen LogP contribution in [0.4, 0.5) is 5.69 Å². The standard InChI is InChI=1S/C14H16ClNO5S/c1-9(17)16(12-5-3-11(15)4-6-12)13-7-22(19,20)8-14(13)21-10(2)18/h3-6,13-14H,7-8H2,1-2H3/t13-,14+/m1/s1. The molecule has 1 fully saturated rings. The molecule has 8 heteroatoms. The van der Waals surface area contributed by atoms with Crippen LogP contribution in [0.15, 0.2) is 24.3 Å². The molecular weight excluding hydrogens is 330 g/mol. The molecule has 1 amide bonds. The Labute approximate surface area is 133 Å². The van der Waals surface area contributed by atoms with Gasteiger partial charge in [0.1, 0.15) is 6.10 Å². The van der Waals surface area contributed by atoms with Crippen LogP contribution in [0.1, 0.15) is 13.8 Å². The lowest BCUT2D eigenvalue weighted by atomic mass is 10.1. The monoisotopic (exact) mass is 345 g/mol. The van der Waals surface area contributed by atoms with Gasteiger partial charge in [-0.1, -0.05) is 11.6 Å². The summed E-state index contributed by atoms with van der Waals surface area (Å²) in [6.07, 6.45) is -0.873. The Morgan fingerprint density at radius 1 is 1.18 bits per heavy atom. The molecule has 0 aromatic heterocycles. The molecule has 0 radical (unpaired) electrons. The molecule has 0 aliphatic carbocycles. The third-order valence-electron chi connectivity index (χ3n) is 3.37. The van der Waals surface area contributed by atoms with Crippen LogP contribution in [-0.4, -0.2) is 43.9 Å². The first-order chi connectivity index (χ1) is 10.2. The largest absolute Gasteiger partial charge is 0.459 e. The van der Waals surface area contributed by atoms with Crippen LogP contribution in [0.2, 0.25) is 5.02 Å². The number of halogens is 1. The van der Waals surface area contributed by atoms with Crippen molar-refractivity contribution in [3.05, 3.63) is 29.3 Å². The number of carbonyl (C=O) groups is 2. The third-order valence-corrected chi connectivity index (χ3v) is 5.30. The number of hydrogen-bond donors (Lipinski definition) is 0. The average molecular weight is 346 g/mol. The van der Waals surface area contributed by atoms with Crippen LogP contribution >= 0.6 is 11.6 Å². The Bertz CT molecular complexity index is 686. The summed E-state index contributed by atoms with van der Waals surface area (Å²) in [6, 6.07) is 5.72. The summed E-state index contributed by atoms with van der Waals surface area (Å²) in [4.78, 5) is 24.6. The summed E-state index contributed by atoms with van der Waals surface area (Å²) in [5.41, 5.74) is 0.510. The van der Waals surface area contributed by atoms with Gasteiger partial charge >= 0.3 is 5.97 Å². The average Bonchev–Trinajstić information content (AvgIpc) is 2.66. The fourth-order valence-electron chi connectivity index (χ4n) is 2.57. The number of carbonyl (C=O) groups excluding carboxylic acids is 2. The molecule has 1 aliphatic rings. The summed E-state index contributed by atoms with van der Waals surface area (Å²) in [6.45, 7) is 2.55. The highest BCUT2D eigenvalue weighted by molar-refractivity contribution is 7.91. The molecule has 2 atom stereocenters. The minimum absolute atomic E-state index is 0.243. The van der Waals surface area contributed by atoms with E-state index in [1.165, 1.54) is 18.7 Å². The Hall–Kier alpha value is -1.60. The van der Waals surface area contributed by atoms with Crippen molar-refractivity contribution in [2.24, 2.45) is 0 Å². The fourth-order valence-corrected chi connectivity index (χ4v) is 4.51. The van der Waals surface area contributed by atoms with Crippen LogP contribution in [-0.2, 0) is 24.2 Å². The van der Waals surface area contributed by atoms with Crippen LogP contribution in [0.3, 0.4) is 0 Å². The van der Waals surface area contributed by atoms with Crippen molar-refractivity contribution >= 4 is 39.0 Å². The molecular formula is C14H16ClNO5S. The van der Waals surface area contributed by atoms with Crippen molar-refractivity contribution in [3.63, 3.8) is 0 Å². The van der Waals surface area contributed by atoms with Crippen molar-refractivity contribution in [1.29, 1.82) is 0 Å². The molecule has 0 N–H and O–H groups in total. The number of amides is 1. The van der Waals surface area contributed by atoms with E-state index in [1.807, 2.05) is 0 Å². The maximum atomic E-state index is 12.0. The van der Waals surface area contributed by atoms with Crippen LogP contribution in [0.5, 0.6) is 0 Å². The predicted octanol–water partition coefficient (Wildman–Crippen LogP) is 1.42. The minimum atomic E-state index is -3.38. The third kappa shape index (κ3) is 3.78. The van der Waals surface area contributed by atoms with E-state index in [0.29, 0.717) is 10.7 Å². The fraction of sp³-hybridized carbons (Fsp3) is 0.429. The van der Waals surface area contributed by atoms with Crippen LogP contribution < -0.4 is 4.90 Å². The zero-order chi connectivity index (χ0) is 16.5. The molecule has 0 unspecified atom stereocenters. The number of sulfone groups is 1. The first-order valence-electron chi connectivity index (χ1n) is 6.62. The highest BCUT2D eigenvalue weighted by Gasteiger charge is 2.44. The lowest BCUT2D eigenvalue weighted by Gasteiger charge is -2.30. The molecule has 120 valence electrons. The molecule has 0 spiro atoms. The van der Waals surface area contributed by atoms with Crippen molar-refractivity contribution in [1.82, 2.24) is 0 Å². The van der Waals surface area contributed by atoms with E-state index < -0.39 is 28.0 Å². The van der Waals surface area contributed by atoms with Gasteiger partial charge in [-0.15, -0.1) is 0 Å². The maximum Gasteiger partial charge on any atom is 0.303 e. The summed E-state index contributed by atoms with van der Waals surface area (Å²) in [7, 11) is -3.38. The molecule has 1 heterocycles. The molecule has 1 aliphatic heterocycles. The van der Waals surface area contributed by atoms with Gasteiger partial charge in [0.25, 0.3) is 0 Å². The van der Waals surface area contributed by atoms with Gasteiger partial charge in [-0.05, 0) is 24.3 Å². The lowest BCUT2D eigenvalue weighted by Crippen LogP contribution is -2.47. The normalized spacial score (nSPS) is 23.0. The molecule has 1 aromatic carbocycles. The molecule has 6 nitrogen and oxygen atoms in total. The lowest BCUT2D eigenvalue weighted by molar-refractivity contribution is -0.146. The number of benzene rings is 1.